The van der Waals surface area contributed by atoms with Crippen molar-refractivity contribution in [3.8, 4) is 0 Å². The lowest BCUT2D eigenvalue weighted by Crippen LogP contribution is -2.34. The zero-order valence-electron chi connectivity index (χ0n) is 10.4. The van der Waals surface area contributed by atoms with Gasteiger partial charge in [0, 0.05) is 11.5 Å². The van der Waals surface area contributed by atoms with E-state index in [2.05, 4.69) is 6.58 Å². The molecule has 0 radical (unpaired) electrons. The van der Waals surface area contributed by atoms with E-state index in [0.717, 1.165) is 0 Å². The van der Waals surface area contributed by atoms with E-state index in [1.165, 1.54) is 6.08 Å². The topological polar surface area (TPSA) is 52.6 Å². The summed E-state index contributed by atoms with van der Waals surface area (Å²) < 4.78 is 9.97. The molecular formula is C13H18O4. The highest BCUT2D eigenvalue weighted by molar-refractivity contribution is 5.86. The molecule has 1 saturated heterocycles. The standard InChI is InChI=1S/C13H18O4/c1-5-9(2)6-7-10(14)17-11-12(15)16-8-13(11,3)4/h5-7,9,11H,1,8H2,2-4H3/b7-6+/t9?,11-/m0/s1. The number of allylic oxidation sites excluding steroid dienone is 2. The van der Waals surface area contributed by atoms with Crippen molar-refractivity contribution in [1.82, 2.24) is 0 Å². The Morgan fingerprint density at radius 3 is 2.76 bits per heavy atom. The second kappa shape index (κ2) is 5.17. The van der Waals surface area contributed by atoms with Crippen molar-refractivity contribution in [3.05, 3.63) is 24.8 Å². The Balaban J connectivity index is 2.59. The van der Waals surface area contributed by atoms with Gasteiger partial charge in [-0.3, -0.25) is 0 Å². The molecule has 0 amide bonds. The molecule has 0 spiro atoms. The molecule has 0 bridgehead atoms. The lowest BCUT2D eigenvalue weighted by atomic mass is 9.90. The van der Waals surface area contributed by atoms with Gasteiger partial charge in [0.2, 0.25) is 6.10 Å². The number of ether oxygens (including phenoxy) is 2. The largest absolute Gasteiger partial charge is 0.462 e. The van der Waals surface area contributed by atoms with Gasteiger partial charge < -0.3 is 9.47 Å². The summed E-state index contributed by atoms with van der Waals surface area (Å²) in [5.74, 6) is -0.921. The van der Waals surface area contributed by atoms with Crippen molar-refractivity contribution in [2.45, 2.75) is 26.9 Å². The maximum Gasteiger partial charge on any atom is 0.348 e. The Morgan fingerprint density at radius 1 is 1.65 bits per heavy atom. The molecule has 0 aromatic heterocycles. The summed E-state index contributed by atoms with van der Waals surface area (Å²) >= 11 is 0. The monoisotopic (exact) mass is 238 g/mol. The van der Waals surface area contributed by atoms with Crippen LogP contribution in [0.15, 0.2) is 24.8 Å². The molecule has 1 rings (SSSR count). The second-order valence-electron chi connectivity index (χ2n) is 4.87. The van der Waals surface area contributed by atoms with Crippen molar-refractivity contribution in [1.29, 1.82) is 0 Å². The molecule has 94 valence electrons. The number of carbonyl (C=O) groups excluding carboxylic acids is 2. The fraction of sp³-hybridized carbons (Fsp3) is 0.538. The van der Waals surface area contributed by atoms with Crippen LogP contribution in [0.3, 0.4) is 0 Å². The number of carbonyl (C=O) groups is 2. The average Bonchev–Trinajstić information content (AvgIpc) is 2.53. The summed E-state index contributed by atoms with van der Waals surface area (Å²) in [7, 11) is 0. The molecule has 0 saturated carbocycles. The van der Waals surface area contributed by atoms with E-state index in [9.17, 15) is 9.59 Å². The maximum atomic E-state index is 11.5. The number of hydrogen-bond acceptors (Lipinski definition) is 4. The first kappa shape index (κ1) is 13.5. The van der Waals surface area contributed by atoms with Crippen LogP contribution in [0.5, 0.6) is 0 Å². The predicted molar refractivity (Wildman–Crippen MR) is 63.1 cm³/mol. The van der Waals surface area contributed by atoms with Gasteiger partial charge in [-0.25, -0.2) is 9.59 Å². The predicted octanol–water partition coefficient (Wildman–Crippen LogP) is 1.86. The van der Waals surface area contributed by atoms with E-state index in [-0.39, 0.29) is 12.5 Å². The fourth-order valence-electron chi connectivity index (χ4n) is 1.40. The Hall–Kier alpha value is -1.58. The summed E-state index contributed by atoms with van der Waals surface area (Å²) in [5, 5.41) is 0. The molecular weight excluding hydrogens is 220 g/mol. The minimum atomic E-state index is -0.821. The smallest absolute Gasteiger partial charge is 0.348 e. The highest BCUT2D eigenvalue weighted by Gasteiger charge is 2.46. The molecule has 1 aliphatic heterocycles. The van der Waals surface area contributed by atoms with Gasteiger partial charge >= 0.3 is 11.9 Å². The van der Waals surface area contributed by atoms with E-state index < -0.39 is 23.5 Å². The van der Waals surface area contributed by atoms with E-state index >= 15 is 0 Å². The number of cyclic esters (lactones) is 1. The minimum Gasteiger partial charge on any atom is -0.462 e. The highest BCUT2D eigenvalue weighted by atomic mass is 16.6. The molecule has 4 heteroatoms. The molecule has 1 aliphatic rings. The zero-order valence-corrected chi connectivity index (χ0v) is 10.4. The normalized spacial score (nSPS) is 24.4. The van der Waals surface area contributed by atoms with Crippen molar-refractivity contribution in [2.24, 2.45) is 11.3 Å². The van der Waals surface area contributed by atoms with Gasteiger partial charge in [-0.15, -0.1) is 6.58 Å². The van der Waals surface area contributed by atoms with E-state index in [1.807, 2.05) is 20.8 Å². The van der Waals surface area contributed by atoms with Gasteiger partial charge in [0.25, 0.3) is 0 Å². The Morgan fingerprint density at radius 2 is 2.29 bits per heavy atom. The van der Waals surface area contributed by atoms with Crippen molar-refractivity contribution >= 4 is 11.9 Å². The summed E-state index contributed by atoms with van der Waals surface area (Å²) in [6, 6.07) is 0. The first-order valence-corrected chi connectivity index (χ1v) is 5.55. The molecule has 17 heavy (non-hydrogen) atoms. The van der Waals surface area contributed by atoms with Gasteiger partial charge in [0.1, 0.15) is 6.61 Å². The van der Waals surface area contributed by atoms with Gasteiger partial charge in [-0.1, -0.05) is 32.9 Å². The van der Waals surface area contributed by atoms with Crippen molar-refractivity contribution in [3.63, 3.8) is 0 Å². The van der Waals surface area contributed by atoms with E-state index in [0.29, 0.717) is 0 Å². The third-order valence-electron chi connectivity index (χ3n) is 2.65. The Bertz CT molecular complexity index is 354. The van der Waals surface area contributed by atoms with Crippen LogP contribution < -0.4 is 0 Å². The second-order valence-corrected chi connectivity index (χ2v) is 4.87. The molecule has 0 aromatic carbocycles. The van der Waals surface area contributed by atoms with Crippen LogP contribution in [0, 0.1) is 11.3 Å². The summed E-state index contributed by atoms with van der Waals surface area (Å²) in [4.78, 5) is 22.9. The van der Waals surface area contributed by atoms with Gasteiger partial charge in [0.05, 0.1) is 0 Å². The molecule has 1 unspecified atom stereocenters. The quantitative estimate of drug-likeness (QED) is 0.426. The van der Waals surface area contributed by atoms with Crippen LogP contribution in [0.2, 0.25) is 0 Å². The first-order chi connectivity index (χ1) is 7.86. The van der Waals surface area contributed by atoms with Gasteiger partial charge in [-0.05, 0) is 5.92 Å². The van der Waals surface area contributed by atoms with Crippen LogP contribution in [-0.2, 0) is 19.1 Å². The SMILES string of the molecule is C=CC(C)/C=C/C(=O)O[C@H]1C(=O)OCC1(C)C. The van der Waals surface area contributed by atoms with Crippen LogP contribution in [0.4, 0.5) is 0 Å². The van der Waals surface area contributed by atoms with E-state index in [4.69, 9.17) is 9.47 Å². The van der Waals surface area contributed by atoms with Crippen LogP contribution in [-0.4, -0.2) is 24.6 Å². The van der Waals surface area contributed by atoms with E-state index in [1.54, 1.807) is 12.2 Å². The lowest BCUT2D eigenvalue weighted by molar-refractivity contribution is -0.159. The average molecular weight is 238 g/mol. The van der Waals surface area contributed by atoms with Crippen LogP contribution in [0.1, 0.15) is 20.8 Å². The zero-order chi connectivity index (χ0) is 13.1. The first-order valence-electron chi connectivity index (χ1n) is 5.55. The van der Waals surface area contributed by atoms with Crippen LogP contribution >= 0.6 is 0 Å². The van der Waals surface area contributed by atoms with Crippen molar-refractivity contribution < 1.29 is 19.1 Å². The summed E-state index contributed by atoms with van der Waals surface area (Å²) in [5.41, 5.74) is -0.468. The maximum absolute atomic E-state index is 11.5. The molecule has 0 aromatic rings. The fourth-order valence-corrected chi connectivity index (χ4v) is 1.40. The van der Waals surface area contributed by atoms with Crippen molar-refractivity contribution in [2.75, 3.05) is 6.61 Å². The Kier molecular flexibility index (Phi) is 4.10. The number of esters is 2. The third kappa shape index (κ3) is 3.44. The lowest BCUT2D eigenvalue weighted by Gasteiger charge is -2.20. The minimum absolute atomic E-state index is 0.0890. The summed E-state index contributed by atoms with van der Waals surface area (Å²) in [6.07, 6.45) is 3.87. The molecule has 0 N–H and O–H groups in total. The Labute approximate surface area is 101 Å². The highest BCUT2D eigenvalue weighted by Crippen LogP contribution is 2.31. The third-order valence-corrected chi connectivity index (χ3v) is 2.65. The number of rotatable bonds is 4. The molecule has 1 fully saturated rings. The summed E-state index contributed by atoms with van der Waals surface area (Å²) in [6.45, 7) is 9.42. The molecule has 0 aliphatic carbocycles. The van der Waals surface area contributed by atoms with Crippen LogP contribution in [0.25, 0.3) is 0 Å². The molecule has 1 heterocycles. The van der Waals surface area contributed by atoms with Gasteiger partial charge in [0.15, 0.2) is 0 Å². The molecule has 2 atom stereocenters. The van der Waals surface area contributed by atoms with Gasteiger partial charge in [-0.2, -0.15) is 0 Å². The number of hydrogen-bond donors (Lipinski definition) is 0. The molecule has 4 nitrogen and oxygen atoms in total.